The van der Waals surface area contributed by atoms with E-state index >= 15 is 0 Å². The minimum atomic E-state index is 0.163. The van der Waals surface area contributed by atoms with Crippen molar-refractivity contribution in [2.75, 3.05) is 26.2 Å². The van der Waals surface area contributed by atoms with Crippen molar-refractivity contribution in [3.63, 3.8) is 0 Å². The van der Waals surface area contributed by atoms with E-state index in [0.717, 1.165) is 61.8 Å². The Morgan fingerprint density at radius 2 is 2.00 bits per heavy atom. The molecular formula is C23H25N7O. The van der Waals surface area contributed by atoms with Crippen molar-refractivity contribution in [2.24, 2.45) is 10.2 Å². The number of hydrogen-bond acceptors (Lipinski definition) is 7. The number of aromatic hydroxyl groups is 1. The normalized spacial score (nSPS) is 17.2. The minimum Gasteiger partial charge on any atom is -0.507 e. The number of rotatable bonds is 3. The Morgan fingerprint density at radius 1 is 1.13 bits per heavy atom. The zero-order valence-electron chi connectivity index (χ0n) is 17.5. The van der Waals surface area contributed by atoms with Crippen LogP contribution in [-0.2, 0) is 0 Å². The number of nitrogens with one attached hydrogen (secondary N) is 1. The number of hydrogen-bond donors (Lipinski definition) is 2. The predicted octanol–water partition coefficient (Wildman–Crippen LogP) is 2.85. The third-order valence-corrected chi connectivity index (χ3v) is 5.78. The SMILES string of the molecule is CCC1=CC(c2ccc(-c3cn4ccnc4cn3)cc2O)=NN=C(N2CCNCC2)C1. The van der Waals surface area contributed by atoms with Crippen LogP contribution in [0.1, 0.15) is 25.3 Å². The topological polar surface area (TPSA) is 90.4 Å². The quantitative estimate of drug-likeness (QED) is 0.687. The lowest BCUT2D eigenvalue weighted by Crippen LogP contribution is -2.46. The molecule has 2 N–H and O–H groups in total. The minimum absolute atomic E-state index is 0.163. The van der Waals surface area contributed by atoms with Gasteiger partial charge in [0.05, 0.1) is 17.6 Å². The van der Waals surface area contributed by atoms with Gasteiger partial charge in [-0.3, -0.25) is 4.98 Å². The molecule has 3 aromatic rings. The van der Waals surface area contributed by atoms with Crippen molar-refractivity contribution in [1.29, 1.82) is 0 Å². The fourth-order valence-electron chi connectivity index (χ4n) is 3.96. The van der Waals surface area contributed by atoms with Crippen LogP contribution in [0.4, 0.5) is 0 Å². The summed E-state index contributed by atoms with van der Waals surface area (Å²) in [7, 11) is 0. The van der Waals surface area contributed by atoms with E-state index < -0.39 is 0 Å². The Hall–Kier alpha value is -3.52. The predicted molar refractivity (Wildman–Crippen MR) is 121 cm³/mol. The smallest absolute Gasteiger partial charge is 0.155 e. The molecule has 0 atom stereocenters. The fraction of sp³-hybridized carbons (Fsp3) is 0.304. The molecule has 2 aliphatic heterocycles. The van der Waals surface area contributed by atoms with Crippen LogP contribution in [0.5, 0.6) is 5.75 Å². The Labute approximate surface area is 180 Å². The molecule has 8 nitrogen and oxygen atoms in total. The highest BCUT2D eigenvalue weighted by Gasteiger charge is 2.19. The molecule has 1 fully saturated rings. The fourth-order valence-corrected chi connectivity index (χ4v) is 3.96. The summed E-state index contributed by atoms with van der Waals surface area (Å²) in [5.74, 6) is 1.16. The van der Waals surface area contributed by atoms with Gasteiger partial charge in [-0.25, -0.2) is 4.98 Å². The number of imidazole rings is 1. The van der Waals surface area contributed by atoms with Crippen LogP contribution in [0.3, 0.4) is 0 Å². The largest absolute Gasteiger partial charge is 0.507 e. The van der Waals surface area contributed by atoms with E-state index in [-0.39, 0.29) is 5.75 Å². The van der Waals surface area contributed by atoms with Crippen molar-refractivity contribution in [1.82, 2.24) is 24.6 Å². The first-order chi connectivity index (χ1) is 15.2. The highest BCUT2D eigenvalue weighted by atomic mass is 16.3. The molecule has 0 spiro atoms. The molecule has 8 heteroatoms. The lowest BCUT2D eigenvalue weighted by atomic mass is 10.0. The van der Waals surface area contributed by atoms with Crippen LogP contribution in [0.25, 0.3) is 16.9 Å². The number of phenols is 1. The summed E-state index contributed by atoms with van der Waals surface area (Å²) >= 11 is 0. The Kier molecular flexibility index (Phi) is 5.21. The van der Waals surface area contributed by atoms with Gasteiger partial charge in [0.15, 0.2) is 5.65 Å². The molecule has 2 aliphatic rings. The number of nitrogens with zero attached hydrogens (tertiary/aromatic N) is 6. The molecule has 0 saturated carbocycles. The highest BCUT2D eigenvalue weighted by Crippen LogP contribution is 2.28. The second-order valence-corrected chi connectivity index (χ2v) is 7.77. The lowest BCUT2D eigenvalue weighted by molar-refractivity contribution is 0.352. The van der Waals surface area contributed by atoms with Gasteiger partial charge in [0, 0.05) is 62.3 Å². The molecule has 0 amide bonds. The zero-order chi connectivity index (χ0) is 21.2. The summed E-state index contributed by atoms with van der Waals surface area (Å²) < 4.78 is 1.91. The first kappa shape index (κ1) is 19.4. The third-order valence-electron chi connectivity index (χ3n) is 5.78. The number of phenolic OH excluding ortho intramolecular Hbond substituents is 1. The van der Waals surface area contributed by atoms with E-state index in [2.05, 4.69) is 43.4 Å². The molecule has 31 heavy (non-hydrogen) atoms. The standard InChI is InChI=1S/C23H25N7O/c1-2-16-11-19(27-28-22(12-16)29-8-5-24-6-9-29)18-4-3-17(13-21(18)31)20-15-30-10-7-25-23(30)14-26-20/h3-4,7,10-11,13-15,24,31H,2,5-6,8-9,12H2,1H3. The maximum atomic E-state index is 10.8. The summed E-state index contributed by atoms with van der Waals surface area (Å²) in [6, 6.07) is 5.57. The molecule has 0 unspecified atom stereocenters. The van der Waals surface area contributed by atoms with E-state index in [1.165, 1.54) is 5.57 Å². The second-order valence-electron chi connectivity index (χ2n) is 7.77. The Morgan fingerprint density at radius 3 is 2.81 bits per heavy atom. The summed E-state index contributed by atoms with van der Waals surface area (Å²) in [5.41, 5.74) is 4.99. The first-order valence-electron chi connectivity index (χ1n) is 10.6. The van der Waals surface area contributed by atoms with Crippen molar-refractivity contribution in [3.05, 3.63) is 60.2 Å². The molecule has 1 saturated heterocycles. The van der Waals surface area contributed by atoms with E-state index in [0.29, 0.717) is 11.3 Å². The summed E-state index contributed by atoms with van der Waals surface area (Å²) in [4.78, 5) is 11.0. The van der Waals surface area contributed by atoms with Crippen LogP contribution in [0, 0.1) is 0 Å². The van der Waals surface area contributed by atoms with Crippen LogP contribution in [0.2, 0.25) is 0 Å². The van der Waals surface area contributed by atoms with Crippen LogP contribution >= 0.6 is 0 Å². The molecule has 1 aromatic carbocycles. The average molecular weight is 416 g/mol. The van der Waals surface area contributed by atoms with Crippen LogP contribution in [0.15, 0.2) is 64.8 Å². The van der Waals surface area contributed by atoms with Crippen molar-refractivity contribution in [3.8, 4) is 17.0 Å². The number of amidine groups is 1. The first-order valence-corrected chi connectivity index (χ1v) is 10.6. The number of allylic oxidation sites excluding steroid dienone is 1. The van der Waals surface area contributed by atoms with Crippen molar-refractivity contribution >= 4 is 17.2 Å². The van der Waals surface area contributed by atoms with Crippen molar-refractivity contribution < 1.29 is 5.11 Å². The lowest BCUT2D eigenvalue weighted by Gasteiger charge is -2.29. The highest BCUT2D eigenvalue weighted by molar-refractivity contribution is 6.12. The van der Waals surface area contributed by atoms with Gasteiger partial charge < -0.3 is 19.7 Å². The molecule has 0 radical (unpaired) electrons. The number of aromatic nitrogens is 3. The third kappa shape index (κ3) is 3.94. The van der Waals surface area contributed by atoms with E-state index in [1.807, 2.05) is 28.9 Å². The van der Waals surface area contributed by atoms with Gasteiger partial charge in [0.2, 0.25) is 0 Å². The number of fused-ring (bicyclic) bond motifs is 1. The van der Waals surface area contributed by atoms with Gasteiger partial charge in [0.1, 0.15) is 11.6 Å². The molecule has 158 valence electrons. The second kappa shape index (κ2) is 8.31. The molecular weight excluding hydrogens is 390 g/mol. The van der Waals surface area contributed by atoms with E-state index in [4.69, 9.17) is 0 Å². The van der Waals surface area contributed by atoms with Gasteiger partial charge in [-0.2, -0.15) is 0 Å². The summed E-state index contributed by atoms with van der Waals surface area (Å²) in [6.45, 7) is 5.94. The Balaban J connectivity index is 1.48. The maximum Gasteiger partial charge on any atom is 0.155 e. The summed E-state index contributed by atoms with van der Waals surface area (Å²) in [6.07, 6.45) is 11.0. The van der Waals surface area contributed by atoms with Gasteiger partial charge in [-0.1, -0.05) is 18.6 Å². The number of benzene rings is 1. The zero-order valence-corrected chi connectivity index (χ0v) is 17.5. The average Bonchev–Trinajstić information content (AvgIpc) is 3.17. The van der Waals surface area contributed by atoms with Gasteiger partial charge in [-0.05, 0) is 24.6 Å². The molecule has 0 bridgehead atoms. The monoisotopic (exact) mass is 415 g/mol. The van der Waals surface area contributed by atoms with E-state index in [1.54, 1.807) is 18.5 Å². The molecule has 0 aliphatic carbocycles. The number of piperazine rings is 1. The molecule has 2 aromatic heterocycles. The molecule has 4 heterocycles. The van der Waals surface area contributed by atoms with Crippen LogP contribution in [-0.4, -0.2) is 62.1 Å². The maximum absolute atomic E-state index is 10.8. The Bertz CT molecular complexity index is 1200. The van der Waals surface area contributed by atoms with Crippen LogP contribution < -0.4 is 5.32 Å². The van der Waals surface area contributed by atoms with Gasteiger partial charge >= 0.3 is 0 Å². The summed E-state index contributed by atoms with van der Waals surface area (Å²) in [5, 5.41) is 23.3. The van der Waals surface area contributed by atoms with Gasteiger partial charge in [0.25, 0.3) is 0 Å². The van der Waals surface area contributed by atoms with E-state index in [9.17, 15) is 5.11 Å². The van der Waals surface area contributed by atoms with Crippen molar-refractivity contribution in [2.45, 2.75) is 19.8 Å². The molecule has 5 rings (SSSR count). The van der Waals surface area contributed by atoms with Gasteiger partial charge in [-0.15, -0.1) is 10.2 Å².